The van der Waals surface area contributed by atoms with Crippen molar-refractivity contribution in [3.05, 3.63) is 65.2 Å². The van der Waals surface area contributed by atoms with E-state index < -0.39 is 0 Å². The highest BCUT2D eigenvalue weighted by Crippen LogP contribution is 2.31. The first kappa shape index (κ1) is 26.5. The molecule has 7 heteroatoms. The number of nitrogens with zero attached hydrogens (tertiary/aromatic N) is 2. The molecule has 4 rings (SSSR count). The highest BCUT2D eigenvalue weighted by molar-refractivity contribution is 14.0. The first-order valence-corrected chi connectivity index (χ1v) is 12.3. The summed E-state index contributed by atoms with van der Waals surface area (Å²) in [6.07, 6.45) is 3.15. The predicted octanol–water partition coefficient (Wildman–Crippen LogP) is 4.72. The van der Waals surface area contributed by atoms with Crippen LogP contribution >= 0.6 is 24.0 Å². The third-order valence-electron chi connectivity index (χ3n) is 6.56. The molecule has 2 heterocycles. The number of nitrogens with one attached hydrogen (secondary N) is 3. The van der Waals surface area contributed by atoms with Crippen molar-refractivity contribution < 1.29 is 4.79 Å². The Kier molecular flexibility index (Phi) is 10.2. The van der Waals surface area contributed by atoms with Crippen molar-refractivity contribution in [2.24, 2.45) is 10.9 Å². The van der Waals surface area contributed by atoms with Gasteiger partial charge in [0.15, 0.2) is 5.96 Å². The predicted molar refractivity (Wildman–Crippen MR) is 151 cm³/mol. The summed E-state index contributed by atoms with van der Waals surface area (Å²) in [6.45, 7) is 9.96. The summed E-state index contributed by atoms with van der Waals surface area (Å²) in [5.74, 6) is 1.80. The van der Waals surface area contributed by atoms with E-state index in [1.54, 1.807) is 0 Å². The minimum Gasteiger partial charge on any atom is -0.357 e. The number of hydrogen-bond acceptors (Lipinski definition) is 3. The number of carbonyl (C=O) groups is 1. The molecule has 0 spiro atoms. The largest absolute Gasteiger partial charge is 0.357 e. The lowest BCUT2D eigenvalue weighted by molar-refractivity contribution is -0.116. The molecule has 1 amide bonds. The zero-order valence-corrected chi connectivity index (χ0v) is 22.7. The molecule has 6 nitrogen and oxygen atoms in total. The smallest absolute Gasteiger partial charge is 0.225 e. The van der Waals surface area contributed by atoms with Crippen LogP contribution in [0.15, 0.2) is 53.5 Å². The number of fused-ring (bicyclic) bond motifs is 1. The zero-order chi connectivity index (χ0) is 23.0. The summed E-state index contributed by atoms with van der Waals surface area (Å²) in [5, 5.41) is 9.74. The van der Waals surface area contributed by atoms with Crippen molar-refractivity contribution in [1.82, 2.24) is 15.5 Å². The maximum atomic E-state index is 12.1. The van der Waals surface area contributed by atoms with Crippen molar-refractivity contribution in [3.63, 3.8) is 0 Å². The standard InChI is InChI=1S/C27H37N5O.HI/c1-3-28-27(30-17-23-15-26(33)31-25-9-5-4-8-24(23)25)29-16-21-10-12-22(13-11-21)19-32-14-6-7-20(2)18-32;/h4-5,8-13,20,23H,3,6-7,14-19H2,1-2H3,(H,31,33)(H2,28,29,30);1H. The Morgan fingerprint density at radius 3 is 2.65 bits per heavy atom. The molecule has 34 heavy (non-hydrogen) atoms. The molecule has 0 saturated carbocycles. The van der Waals surface area contributed by atoms with Gasteiger partial charge in [-0.15, -0.1) is 24.0 Å². The molecule has 2 atom stereocenters. The summed E-state index contributed by atoms with van der Waals surface area (Å²) >= 11 is 0. The zero-order valence-electron chi connectivity index (χ0n) is 20.3. The van der Waals surface area contributed by atoms with Gasteiger partial charge in [-0.05, 0) is 55.0 Å². The number of guanidine groups is 1. The molecule has 184 valence electrons. The third-order valence-corrected chi connectivity index (χ3v) is 6.56. The molecule has 2 aromatic carbocycles. The van der Waals surface area contributed by atoms with E-state index in [0.717, 1.165) is 30.7 Å². The lowest BCUT2D eigenvalue weighted by atomic mass is 9.90. The lowest BCUT2D eigenvalue weighted by Crippen LogP contribution is -2.40. The number of anilines is 1. The van der Waals surface area contributed by atoms with E-state index in [9.17, 15) is 4.79 Å². The van der Waals surface area contributed by atoms with E-state index in [2.05, 4.69) is 65.0 Å². The maximum absolute atomic E-state index is 12.1. The second-order valence-electron chi connectivity index (χ2n) is 9.41. The highest BCUT2D eigenvalue weighted by atomic mass is 127. The summed E-state index contributed by atoms with van der Waals surface area (Å²) < 4.78 is 0. The number of benzene rings is 2. The van der Waals surface area contributed by atoms with Gasteiger partial charge in [-0.25, -0.2) is 4.99 Å². The number of para-hydroxylation sites is 1. The van der Waals surface area contributed by atoms with Crippen LogP contribution in [-0.4, -0.2) is 42.9 Å². The molecule has 2 aliphatic rings. The van der Waals surface area contributed by atoms with Crippen LogP contribution in [0.4, 0.5) is 5.69 Å². The van der Waals surface area contributed by atoms with E-state index in [1.807, 2.05) is 18.2 Å². The van der Waals surface area contributed by atoms with E-state index in [1.165, 1.54) is 42.6 Å². The average Bonchev–Trinajstić information content (AvgIpc) is 2.81. The second-order valence-corrected chi connectivity index (χ2v) is 9.41. The van der Waals surface area contributed by atoms with Crippen LogP contribution in [0, 0.1) is 5.92 Å². The van der Waals surface area contributed by atoms with Gasteiger partial charge in [-0.3, -0.25) is 9.69 Å². The minimum atomic E-state index is 0. The van der Waals surface area contributed by atoms with Crippen molar-refractivity contribution in [2.45, 2.75) is 52.1 Å². The fraction of sp³-hybridized carbons (Fsp3) is 0.481. The molecule has 0 aliphatic carbocycles. The Labute approximate surface area is 221 Å². The third kappa shape index (κ3) is 7.43. The van der Waals surface area contributed by atoms with E-state index >= 15 is 0 Å². The highest BCUT2D eigenvalue weighted by Gasteiger charge is 2.24. The maximum Gasteiger partial charge on any atom is 0.225 e. The SMILES string of the molecule is CCNC(=NCc1ccc(CN2CCCC(C)C2)cc1)NCC1CC(=O)Nc2ccccc21.I. The molecule has 2 aromatic rings. The van der Waals surface area contributed by atoms with Crippen LogP contribution in [0.1, 0.15) is 55.7 Å². The molecule has 1 fully saturated rings. The van der Waals surface area contributed by atoms with Gasteiger partial charge in [-0.1, -0.05) is 49.4 Å². The number of halogens is 1. The van der Waals surface area contributed by atoms with Crippen LogP contribution in [0.5, 0.6) is 0 Å². The van der Waals surface area contributed by atoms with Gasteiger partial charge in [0.2, 0.25) is 5.91 Å². The van der Waals surface area contributed by atoms with Gasteiger partial charge in [0, 0.05) is 44.2 Å². The van der Waals surface area contributed by atoms with Crippen LogP contribution in [0.2, 0.25) is 0 Å². The van der Waals surface area contributed by atoms with Crippen LogP contribution in [-0.2, 0) is 17.9 Å². The Hall–Kier alpha value is -2.13. The van der Waals surface area contributed by atoms with E-state index in [4.69, 9.17) is 4.99 Å². The van der Waals surface area contributed by atoms with Gasteiger partial charge in [0.25, 0.3) is 0 Å². The lowest BCUT2D eigenvalue weighted by Gasteiger charge is -2.30. The number of rotatable bonds is 7. The quantitative estimate of drug-likeness (QED) is 0.254. The van der Waals surface area contributed by atoms with Gasteiger partial charge < -0.3 is 16.0 Å². The summed E-state index contributed by atoms with van der Waals surface area (Å²) in [6, 6.07) is 16.9. The number of likely N-dealkylation sites (tertiary alicyclic amines) is 1. The van der Waals surface area contributed by atoms with Crippen LogP contribution < -0.4 is 16.0 Å². The monoisotopic (exact) mass is 575 g/mol. The minimum absolute atomic E-state index is 0. The van der Waals surface area contributed by atoms with Gasteiger partial charge in [-0.2, -0.15) is 0 Å². The average molecular weight is 576 g/mol. The number of amides is 1. The fourth-order valence-electron chi connectivity index (χ4n) is 4.85. The van der Waals surface area contributed by atoms with Crippen molar-refractivity contribution in [1.29, 1.82) is 0 Å². The van der Waals surface area contributed by atoms with Crippen LogP contribution in [0.3, 0.4) is 0 Å². The number of aliphatic imine (C=N–C) groups is 1. The topological polar surface area (TPSA) is 68.8 Å². The summed E-state index contributed by atoms with van der Waals surface area (Å²) in [7, 11) is 0. The summed E-state index contributed by atoms with van der Waals surface area (Å²) in [5.41, 5.74) is 4.67. The number of carbonyl (C=O) groups excluding carboxylic acids is 1. The van der Waals surface area contributed by atoms with Gasteiger partial charge in [0.1, 0.15) is 0 Å². The van der Waals surface area contributed by atoms with Crippen molar-refractivity contribution >= 4 is 41.5 Å². The Balaban J connectivity index is 0.00000324. The van der Waals surface area contributed by atoms with E-state index in [-0.39, 0.29) is 35.8 Å². The molecule has 3 N–H and O–H groups in total. The first-order chi connectivity index (χ1) is 16.1. The molecular weight excluding hydrogens is 537 g/mol. The fourth-order valence-corrected chi connectivity index (χ4v) is 4.85. The van der Waals surface area contributed by atoms with Crippen molar-refractivity contribution in [2.75, 3.05) is 31.5 Å². The Bertz CT molecular complexity index is 962. The molecule has 0 radical (unpaired) electrons. The number of piperidine rings is 1. The Morgan fingerprint density at radius 2 is 1.88 bits per heavy atom. The molecule has 2 unspecified atom stereocenters. The first-order valence-electron chi connectivity index (χ1n) is 12.3. The normalized spacial score (nSPS) is 20.6. The molecule has 2 aliphatic heterocycles. The van der Waals surface area contributed by atoms with Crippen molar-refractivity contribution in [3.8, 4) is 0 Å². The molecule has 1 saturated heterocycles. The number of hydrogen-bond donors (Lipinski definition) is 3. The van der Waals surface area contributed by atoms with E-state index in [0.29, 0.717) is 19.5 Å². The molecule has 0 aromatic heterocycles. The van der Waals surface area contributed by atoms with Gasteiger partial charge in [0.05, 0.1) is 6.54 Å². The van der Waals surface area contributed by atoms with Gasteiger partial charge >= 0.3 is 0 Å². The Morgan fingerprint density at radius 1 is 1.12 bits per heavy atom. The summed E-state index contributed by atoms with van der Waals surface area (Å²) in [4.78, 5) is 19.4. The molecule has 0 bridgehead atoms. The van der Waals surface area contributed by atoms with Crippen LogP contribution in [0.25, 0.3) is 0 Å². The molecular formula is C27H38IN5O. The second kappa shape index (κ2) is 13.1.